The summed E-state index contributed by atoms with van der Waals surface area (Å²) in [7, 11) is 0. The summed E-state index contributed by atoms with van der Waals surface area (Å²) in [5, 5.41) is 10.5. The number of pyridine rings is 1. The van der Waals surface area contributed by atoms with Gasteiger partial charge in [-0.05, 0) is 30.3 Å². The summed E-state index contributed by atoms with van der Waals surface area (Å²) in [5.41, 5.74) is 7.41. The summed E-state index contributed by atoms with van der Waals surface area (Å²) in [6, 6.07) is 14.5. The summed E-state index contributed by atoms with van der Waals surface area (Å²) < 4.78 is 5.85. The fourth-order valence-electron chi connectivity index (χ4n) is 2.03. The van der Waals surface area contributed by atoms with Crippen LogP contribution >= 0.6 is 11.6 Å². The van der Waals surface area contributed by atoms with Crippen LogP contribution in [0.4, 0.5) is 5.69 Å². The number of ether oxygens (including phenoxy) is 1. The minimum Gasteiger partial charge on any atom is -0.453 e. The molecule has 0 aliphatic heterocycles. The van der Waals surface area contributed by atoms with E-state index in [0.717, 1.165) is 10.9 Å². The number of halogens is 1. The molecule has 0 fully saturated rings. The Bertz CT molecular complexity index is 871. The topological polar surface area (TPSA) is 71.9 Å². The van der Waals surface area contributed by atoms with E-state index in [4.69, 9.17) is 22.1 Å². The van der Waals surface area contributed by atoms with Crippen molar-refractivity contribution in [1.82, 2.24) is 4.98 Å². The van der Waals surface area contributed by atoms with Gasteiger partial charge in [0.25, 0.3) is 0 Å². The summed E-state index contributed by atoms with van der Waals surface area (Å²) in [5.74, 6) is 0.893. The normalized spacial score (nSPS) is 10.3. The monoisotopic (exact) mass is 295 g/mol. The van der Waals surface area contributed by atoms with Gasteiger partial charge in [-0.15, -0.1) is 0 Å². The number of aromatic nitrogens is 1. The number of anilines is 1. The van der Waals surface area contributed by atoms with Gasteiger partial charge < -0.3 is 10.5 Å². The van der Waals surface area contributed by atoms with Gasteiger partial charge in [-0.25, -0.2) is 0 Å². The highest BCUT2D eigenvalue weighted by molar-refractivity contribution is 6.30. The lowest BCUT2D eigenvalue weighted by molar-refractivity contribution is 0.489. The van der Waals surface area contributed by atoms with Crippen LogP contribution in [0.3, 0.4) is 0 Å². The number of benzene rings is 2. The zero-order valence-corrected chi connectivity index (χ0v) is 11.6. The molecule has 1 aromatic heterocycles. The predicted molar refractivity (Wildman–Crippen MR) is 82.4 cm³/mol. The second kappa shape index (κ2) is 5.31. The van der Waals surface area contributed by atoms with E-state index in [-0.39, 0.29) is 0 Å². The second-order valence-electron chi connectivity index (χ2n) is 4.41. The molecule has 0 atom stereocenters. The zero-order chi connectivity index (χ0) is 14.8. The first-order chi connectivity index (χ1) is 10.2. The summed E-state index contributed by atoms with van der Waals surface area (Å²) in [6.07, 6.45) is 1.49. The molecule has 3 aromatic rings. The lowest BCUT2D eigenvalue weighted by Crippen LogP contribution is -1.95. The van der Waals surface area contributed by atoms with Crippen LogP contribution in [-0.4, -0.2) is 4.98 Å². The minimum atomic E-state index is 0.350. The molecule has 3 rings (SSSR count). The van der Waals surface area contributed by atoms with Crippen LogP contribution in [0.5, 0.6) is 11.5 Å². The maximum absolute atomic E-state index is 9.25. The van der Waals surface area contributed by atoms with Gasteiger partial charge in [-0.2, -0.15) is 5.26 Å². The Morgan fingerprint density at radius 1 is 1.19 bits per heavy atom. The Hall–Kier alpha value is -2.77. The van der Waals surface area contributed by atoms with E-state index in [9.17, 15) is 5.26 Å². The third-order valence-electron chi connectivity index (χ3n) is 3.03. The van der Waals surface area contributed by atoms with E-state index in [2.05, 4.69) is 11.1 Å². The number of rotatable bonds is 2. The van der Waals surface area contributed by atoms with Crippen molar-refractivity contribution in [2.75, 3.05) is 5.73 Å². The van der Waals surface area contributed by atoms with Gasteiger partial charge in [0.2, 0.25) is 0 Å². The van der Waals surface area contributed by atoms with Crippen LogP contribution in [0, 0.1) is 11.3 Å². The van der Waals surface area contributed by atoms with E-state index in [1.807, 2.05) is 24.3 Å². The molecule has 2 N–H and O–H groups in total. The first kappa shape index (κ1) is 13.2. The van der Waals surface area contributed by atoms with Crippen LogP contribution in [-0.2, 0) is 0 Å². The van der Waals surface area contributed by atoms with Gasteiger partial charge in [0, 0.05) is 16.6 Å². The van der Waals surface area contributed by atoms with Crippen molar-refractivity contribution < 1.29 is 4.74 Å². The average Bonchev–Trinajstić information content (AvgIpc) is 2.50. The van der Waals surface area contributed by atoms with E-state index < -0.39 is 0 Å². The fourth-order valence-corrected chi connectivity index (χ4v) is 2.21. The van der Waals surface area contributed by atoms with Crippen LogP contribution < -0.4 is 10.5 Å². The molecule has 0 bridgehead atoms. The number of para-hydroxylation sites is 1. The van der Waals surface area contributed by atoms with Gasteiger partial charge >= 0.3 is 0 Å². The van der Waals surface area contributed by atoms with Crippen molar-refractivity contribution in [3.63, 3.8) is 0 Å². The molecule has 0 aliphatic carbocycles. The molecule has 4 nitrogen and oxygen atoms in total. The number of hydrogen-bond donors (Lipinski definition) is 1. The number of fused-ring (bicyclic) bond motifs is 1. The molecule has 1 heterocycles. The number of hydrogen-bond acceptors (Lipinski definition) is 4. The third kappa shape index (κ3) is 2.47. The lowest BCUT2D eigenvalue weighted by Gasteiger charge is -2.12. The van der Waals surface area contributed by atoms with Crippen LogP contribution in [0.25, 0.3) is 10.9 Å². The SMILES string of the molecule is N#Cc1cnc2ccccc2c1Oc1ccc(Cl)cc1N. The molecule has 0 spiro atoms. The van der Waals surface area contributed by atoms with Crippen molar-refractivity contribution in [3.8, 4) is 17.6 Å². The van der Waals surface area contributed by atoms with E-state index in [0.29, 0.717) is 27.8 Å². The molecular formula is C16H10ClN3O. The molecule has 5 heteroatoms. The summed E-state index contributed by atoms with van der Waals surface area (Å²) >= 11 is 5.88. The maximum atomic E-state index is 9.25. The van der Waals surface area contributed by atoms with Gasteiger partial charge in [-0.1, -0.05) is 23.7 Å². The van der Waals surface area contributed by atoms with Crippen molar-refractivity contribution in [3.05, 3.63) is 59.2 Å². The van der Waals surface area contributed by atoms with Crippen LogP contribution in [0.15, 0.2) is 48.7 Å². The van der Waals surface area contributed by atoms with Gasteiger partial charge in [-0.3, -0.25) is 4.98 Å². The van der Waals surface area contributed by atoms with Gasteiger partial charge in [0.1, 0.15) is 11.6 Å². The molecule has 0 saturated carbocycles. The number of nitriles is 1. The Labute approximate surface area is 126 Å². The molecule has 21 heavy (non-hydrogen) atoms. The first-order valence-electron chi connectivity index (χ1n) is 6.20. The molecule has 2 aromatic carbocycles. The average molecular weight is 296 g/mol. The minimum absolute atomic E-state index is 0.350. The predicted octanol–water partition coefficient (Wildman–Crippen LogP) is 4.13. The summed E-state index contributed by atoms with van der Waals surface area (Å²) in [4.78, 5) is 4.24. The highest BCUT2D eigenvalue weighted by atomic mass is 35.5. The fraction of sp³-hybridized carbons (Fsp3) is 0. The van der Waals surface area contributed by atoms with Crippen LogP contribution in [0.2, 0.25) is 5.02 Å². The zero-order valence-electron chi connectivity index (χ0n) is 10.9. The van der Waals surface area contributed by atoms with Crippen molar-refractivity contribution in [1.29, 1.82) is 5.26 Å². The molecule has 0 amide bonds. The molecule has 0 aliphatic rings. The molecule has 0 unspecified atom stereocenters. The van der Waals surface area contributed by atoms with Crippen molar-refractivity contribution in [2.24, 2.45) is 0 Å². The molecule has 102 valence electrons. The van der Waals surface area contributed by atoms with E-state index in [1.54, 1.807) is 18.2 Å². The van der Waals surface area contributed by atoms with Crippen molar-refractivity contribution >= 4 is 28.2 Å². The lowest BCUT2D eigenvalue weighted by atomic mass is 10.1. The molecule has 0 saturated heterocycles. The number of nitrogens with zero attached hydrogens (tertiary/aromatic N) is 2. The van der Waals surface area contributed by atoms with Crippen LogP contribution in [0.1, 0.15) is 5.56 Å². The highest BCUT2D eigenvalue weighted by Gasteiger charge is 2.12. The maximum Gasteiger partial charge on any atom is 0.156 e. The number of nitrogens with two attached hydrogens (primary N) is 1. The first-order valence-corrected chi connectivity index (χ1v) is 6.57. The standard InChI is InChI=1S/C16H10ClN3O/c17-11-5-6-15(13(19)7-11)21-16-10(8-18)9-20-14-4-2-1-3-12(14)16/h1-7,9H,19H2. The van der Waals surface area contributed by atoms with Gasteiger partial charge in [0.05, 0.1) is 11.2 Å². The Kier molecular flexibility index (Phi) is 3.35. The second-order valence-corrected chi connectivity index (χ2v) is 4.85. The summed E-state index contributed by atoms with van der Waals surface area (Å²) in [6.45, 7) is 0. The van der Waals surface area contributed by atoms with E-state index >= 15 is 0 Å². The van der Waals surface area contributed by atoms with E-state index in [1.165, 1.54) is 6.20 Å². The Morgan fingerprint density at radius 3 is 2.76 bits per heavy atom. The van der Waals surface area contributed by atoms with Gasteiger partial charge in [0.15, 0.2) is 11.5 Å². The third-order valence-corrected chi connectivity index (χ3v) is 3.27. The number of nitrogen functional groups attached to an aromatic ring is 1. The van der Waals surface area contributed by atoms with Crippen molar-refractivity contribution in [2.45, 2.75) is 0 Å². The Morgan fingerprint density at radius 2 is 2.00 bits per heavy atom. The Balaban J connectivity index is 2.17. The molecular weight excluding hydrogens is 286 g/mol. The smallest absolute Gasteiger partial charge is 0.156 e. The largest absolute Gasteiger partial charge is 0.453 e. The quantitative estimate of drug-likeness (QED) is 0.721. The molecule has 0 radical (unpaired) electrons. The highest BCUT2D eigenvalue weighted by Crippen LogP contribution is 2.35.